The second-order valence-electron chi connectivity index (χ2n) is 4.12. The lowest BCUT2D eigenvalue weighted by Crippen LogP contribution is -2.11. The molecule has 2 aromatic carbocycles. The molecular formula is C15H15N3O2S. The molecule has 0 unspecified atom stereocenters. The van der Waals surface area contributed by atoms with Crippen LogP contribution in [-0.2, 0) is 0 Å². The molecule has 1 amide bonds. The number of carbonyl (C=O) groups is 1. The molecule has 0 fully saturated rings. The number of thioether (sulfide) groups is 1. The SMILES string of the molecule is CSC(N)=Nc1cc(C(N)=O)ccc1Oc1ccccc1. The molecule has 0 aromatic heterocycles. The van der Waals surface area contributed by atoms with Crippen LogP contribution in [0.15, 0.2) is 53.5 Å². The summed E-state index contributed by atoms with van der Waals surface area (Å²) in [6.07, 6.45) is 1.81. The van der Waals surface area contributed by atoms with Gasteiger partial charge in [0, 0.05) is 5.56 Å². The van der Waals surface area contributed by atoms with Gasteiger partial charge in [-0.1, -0.05) is 30.0 Å². The van der Waals surface area contributed by atoms with Gasteiger partial charge in [0.1, 0.15) is 11.4 Å². The number of benzene rings is 2. The number of rotatable bonds is 4. The van der Waals surface area contributed by atoms with Crippen molar-refractivity contribution >= 4 is 28.5 Å². The van der Waals surface area contributed by atoms with Crippen molar-refractivity contribution in [1.82, 2.24) is 0 Å². The van der Waals surface area contributed by atoms with Crippen molar-refractivity contribution in [3.05, 3.63) is 54.1 Å². The van der Waals surface area contributed by atoms with E-state index in [1.54, 1.807) is 18.2 Å². The maximum absolute atomic E-state index is 11.3. The van der Waals surface area contributed by atoms with E-state index in [9.17, 15) is 4.79 Å². The number of carbonyl (C=O) groups excluding carboxylic acids is 1. The average Bonchev–Trinajstić information content (AvgIpc) is 2.49. The quantitative estimate of drug-likeness (QED) is 0.671. The van der Waals surface area contributed by atoms with Gasteiger partial charge in [-0.05, 0) is 36.6 Å². The summed E-state index contributed by atoms with van der Waals surface area (Å²) in [5.41, 5.74) is 11.8. The first-order valence-corrected chi connectivity index (χ1v) is 7.37. The summed E-state index contributed by atoms with van der Waals surface area (Å²) < 4.78 is 5.77. The Hall–Kier alpha value is -2.47. The number of para-hydroxylation sites is 1. The number of hydrogen-bond donors (Lipinski definition) is 2. The van der Waals surface area contributed by atoms with E-state index >= 15 is 0 Å². The van der Waals surface area contributed by atoms with Gasteiger partial charge < -0.3 is 16.2 Å². The van der Waals surface area contributed by atoms with Crippen LogP contribution in [0.25, 0.3) is 0 Å². The van der Waals surface area contributed by atoms with Crippen LogP contribution in [0.3, 0.4) is 0 Å². The molecule has 4 N–H and O–H groups in total. The molecule has 0 saturated carbocycles. The zero-order valence-electron chi connectivity index (χ0n) is 11.4. The number of amidine groups is 1. The molecule has 0 heterocycles. The Morgan fingerprint density at radius 3 is 2.48 bits per heavy atom. The molecule has 21 heavy (non-hydrogen) atoms. The predicted molar refractivity (Wildman–Crippen MR) is 86.3 cm³/mol. The van der Waals surface area contributed by atoms with E-state index < -0.39 is 5.91 Å². The first-order chi connectivity index (χ1) is 10.1. The lowest BCUT2D eigenvalue weighted by molar-refractivity contribution is 0.100. The highest BCUT2D eigenvalue weighted by Gasteiger charge is 2.09. The Morgan fingerprint density at radius 1 is 1.14 bits per heavy atom. The monoisotopic (exact) mass is 301 g/mol. The zero-order valence-corrected chi connectivity index (χ0v) is 12.3. The first-order valence-electron chi connectivity index (χ1n) is 6.15. The van der Waals surface area contributed by atoms with Gasteiger partial charge in [-0.25, -0.2) is 4.99 Å². The van der Waals surface area contributed by atoms with Crippen molar-refractivity contribution in [2.75, 3.05) is 6.26 Å². The second kappa shape index (κ2) is 6.81. The maximum atomic E-state index is 11.3. The van der Waals surface area contributed by atoms with Crippen molar-refractivity contribution in [2.45, 2.75) is 0 Å². The topological polar surface area (TPSA) is 90.7 Å². The minimum Gasteiger partial charge on any atom is -0.455 e. The summed E-state index contributed by atoms with van der Waals surface area (Å²) in [5, 5.41) is 0.370. The van der Waals surface area contributed by atoms with E-state index in [2.05, 4.69) is 4.99 Å². The van der Waals surface area contributed by atoms with Gasteiger partial charge >= 0.3 is 0 Å². The number of ether oxygens (including phenoxy) is 1. The third kappa shape index (κ3) is 4.00. The molecule has 0 aliphatic heterocycles. The van der Waals surface area contributed by atoms with Gasteiger partial charge in [0.2, 0.25) is 5.91 Å². The van der Waals surface area contributed by atoms with Gasteiger partial charge in [0.25, 0.3) is 0 Å². The van der Waals surface area contributed by atoms with Crippen LogP contribution in [0, 0.1) is 0 Å². The minimum atomic E-state index is -0.527. The van der Waals surface area contributed by atoms with Crippen molar-refractivity contribution in [2.24, 2.45) is 16.5 Å². The highest BCUT2D eigenvalue weighted by atomic mass is 32.2. The van der Waals surface area contributed by atoms with Gasteiger partial charge in [-0.3, -0.25) is 4.79 Å². The van der Waals surface area contributed by atoms with Crippen molar-refractivity contribution in [3.8, 4) is 11.5 Å². The number of aliphatic imine (C=N–C) groups is 1. The van der Waals surface area contributed by atoms with E-state index in [-0.39, 0.29) is 0 Å². The van der Waals surface area contributed by atoms with Crippen LogP contribution in [0.4, 0.5) is 5.69 Å². The van der Waals surface area contributed by atoms with Crippen LogP contribution >= 0.6 is 11.8 Å². The minimum absolute atomic E-state index is 0.350. The van der Waals surface area contributed by atoms with Crippen LogP contribution in [0.1, 0.15) is 10.4 Å². The highest BCUT2D eigenvalue weighted by molar-refractivity contribution is 8.13. The van der Waals surface area contributed by atoms with Crippen LogP contribution < -0.4 is 16.2 Å². The zero-order chi connectivity index (χ0) is 15.2. The highest BCUT2D eigenvalue weighted by Crippen LogP contribution is 2.33. The van der Waals surface area contributed by atoms with E-state index in [0.717, 1.165) is 0 Å². The molecule has 0 atom stereocenters. The molecule has 2 rings (SSSR count). The Morgan fingerprint density at radius 2 is 1.86 bits per heavy atom. The summed E-state index contributed by atoms with van der Waals surface area (Å²) in [4.78, 5) is 15.5. The van der Waals surface area contributed by atoms with Crippen LogP contribution in [0.2, 0.25) is 0 Å². The molecule has 108 valence electrons. The molecule has 0 aliphatic carbocycles. The predicted octanol–water partition coefficient (Wildman–Crippen LogP) is 2.89. The molecule has 0 aliphatic rings. The number of nitrogens with two attached hydrogens (primary N) is 2. The first kappa shape index (κ1) is 14.9. The smallest absolute Gasteiger partial charge is 0.248 e. The van der Waals surface area contributed by atoms with E-state index in [1.807, 2.05) is 36.6 Å². The summed E-state index contributed by atoms with van der Waals surface area (Å²) in [6, 6.07) is 14.1. The average molecular weight is 301 g/mol. The fraction of sp³-hybridized carbons (Fsp3) is 0.0667. The van der Waals surface area contributed by atoms with Crippen molar-refractivity contribution in [3.63, 3.8) is 0 Å². The lowest BCUT2D eigenvalue weighted by Gasteiger charge is -2.10. The standard InChI is InChI=1S/C15H15N3O2S/c1-21-15(17)18-12-9-10(14(16)19)7-8-13(12)20-11-5-3-2-4-6-11/h2-9H,1H3,(H2,16,19)(H2,17,18). The van der Waals surface area contributed by atoms with E-state index in [0.29, 0.717) is 27.9 Å². The number of hydrogen-bond acceptors (Lipinski definition) is 4. The third-order valence-electron chi connectivity index (χ3n) is 2.65. The summed E-state index contributed by atoms with van der Waals surface area (Å²) in [6.45, 7) is 0. The molecule has 0 bridgehead atoms. The van der Waals surface area contributed by atoms with E-state index in [1.165, 1.54) is 11.8 Å². The van der Waals surface area contributed by atoms with Gasteiger partial charge in [0.05, 0.1) is 0 Å². The van der Waals surface area contributed by atoms with E-state index in [4.69, 9.17) is 16.2 Å². The fourth-order valence-electron chi connectivity index (χ4n) is 1.62. The number of primary amides is 1. The maximum Gasteiger partial charge on any atom is 0.248 e. The summed E-state index contributed by atoms with van der Waals surface area (Å²) in [5.74, 6) is 0.645. The number of amides is 1. The second-order valence-corrected chi connectivity index (χ2v) is 4.94. The summed E-state index contributed by atoms with van der Waals surface area (Å²) in [7, 11) is 0. The van der Waals surface area contributed by atoms with Crippen LogP contribution in [-0.4, -0.2) is 17.3 Å². The molecule has 0 spiro atoms. The molecule has 6 heteroatoms. The lowest BCUT2D eigenvalue weighted by atomic mass is 10.2. The molecule has 2 aromatic rings. The largest absolute Gasteiger partial charge is 0.455 e. The Labute approximate surface area is 127 Å². The molecule has 0 saturated heterocycles. The van der Waals surface area contributed by atoms with Gasteiger partial charge in [-0.15, -0.1) is 0 Å². The van der Waals surface area contributed by atoms with Gasteiger partial charge in [0.15, 0.2) is 10.9 Å². The van der Waals surface area contributed by atoms with Crippen LogP contribution in [0.5, 0.6) is 11.5 Å². The Kier molecular flexibility index (Phi) is 4.84. The fourth-order valence-corrected chi connectivity index (χ4v) is 1.81. The van der Waals surface area contributed by atoms with Gasteiger partial charge in [-0.2, -0.15) is 0 Å². The van der Waals surface area contributed by atoms with Crippen molar-refractivity contribution in [1.29, 1.82) is 0 Å². The summed E-state index contributed by atoms with van der Waals surface area (Å²) >= 11 is 1.30. The van der Waals surface area contributed by atoms with Crippen molar-refractivity contribution < 1.29 is 9.53 Å². The third-order valence-corrected chi connectivity index (χ3v) is 3.16. The number of nitrogens with zero attached hydrogens (tertiary/aromatic N) is 1. The normalized spacial score (nSPS) is 11.2. The molecule has 0 radical (unpaired) electrons. The molecular weight excluding hydrogens is 286 g/mol. The Bertz CT molecular complexity index is 672. The molecule has 5 nitrogen and oxygen atoms in total. The Balaban J connectivity index is 2.42.